The second-order valence-electron chi connectivity index (χ2n) is 6.66. The van der Waals surface area contributed by atoms with Gasteiger partial charge in [0.25, 0.3) is 0 Å². The molecule has 24 heavy (non-hydrogen) atoms. The van der Waals surface area contributed by atoms with Crippen molar-refractivity contribution in [2.45, 2.75) is 32.1 Å². The maximum absolute atomic E-state index is 14.0. The number of nitrogens with one attached hydrogen (secondary N) is 1. The zero-order valence-electron chi connectivity index (χ0n) is 13.8. The lowest BCUT2D eigenvalue weighted by molar-refractivity contribution is -0.125. The number of amides is 1. The smallest absolute Gasteiger partial charge is 0.228 e. The molecule has 1 atom stereocenters. The van der Waals surface area contributed by atoms with Crippen LogP contribution in [0.2, 0.25) is 0 Å². The molecule has 0 bridgehead atoms. The lowest BCUT2D eigenvalue weighted by atomic mass is 9.62. The molecule has 1 aromatic rings. The SMILES string of the molecule is COCCOc1ccc(NC(=O)C2CC(=O)CC23CCC3)cc1F. The van der Waals surface area contributed by atoms with Crippen molar-refractivity contribution in [3.05, 3.63) is 24.0 Å². The van der Waals surface area contributed by atoms with Crippen LogP contribution in [0.15, 0.2) is 18.2 Å². The van der Waals surface area contributed by atoms with Crippen molar-refractivity contribution >= 4 is 17.4 Å². The van der Waals surface area contributed by atoms with Crippen LogP contribution in [0, 0.1) is 17.2 Å². The fraction of sp³-hybridized carbons (Fsp3) is 0.556. The molecular weight excluding hydrogens is 313 g/mol. The normalized spacial score (nSPS) is 21.6. The number of hydrogen-bond acceptors (Lipinski definition) is 4. The number of ether oxygens (including phenoxy) is 2. The average molecular weight is 335 g/mol. The summed E-state index contributed by atoms with van der Waals surface area (Å²) in [6, 6.07) is 4.33. The topological polar surface area (TPSA) is 64.6 Å². The van der Waals surface area contributed by atoms with Crippen LogP contribution in [-0.2, 0) is 14.3 Å². The van der Waals surface area contributed by atoms with Gasteiger partial charge < -0.3 is 14.8 Å². The Balaban J connectivity index is 1.64. The highest BCUT2D eigenvalue weighted by Gasteiger charge is 2.53. The Morgan fingerprint density at radius 2 is 2.17 bits per heavy atom. The van der Waals surface area contributed by atoms with E-state index < -0.39 is 5.82 Å². The summed E-state index contributed by atoms with van der Waals surface area (Å²) in [5.41, 5.74) is 0.230. The Hall–Kier alpha value is -1.95. The largest absolute Gasteiger partial charge is 0.488 e. The number of ketones is 1. The third-order valence-electron chi connectivity index (χ3n) is 5.13. The molecule has 130 valence electrons. The summed E-state index contributed by atoms with van der Waals surface area (Å²) in [5, 5.41) is 2.75. The number of carbonyl (C=O) groups is 2. The molecule has 2 saturated carbocycles. The summed E-state index contributed by atoms with van der Waals surface area (Å²) in [5.74, 6) is -0.739. The number of anilines is 1. The fourth-order valence-electron chi connectivity index (χ4n) is 3.72. The molecular formula is C18H22FNO4. The molecule has 0 aromatic heterocycles. The van der Waals surface area contributed by atoms with Crippen LogP contribution < -0.4 is 10.1 Å². The van der Waals surface area contributed by atoms with Crippen molar-refractivity contribution in [3.8, 4) is 5.75 Å². The first-order valence-electron chi connectivity index (χ1n) is 8.28. The van der Waals surface area contributed by atoms with Gasteiger partial charge in [-0.15, -0.1) is 0 Å². The number of rotatable bonds is 6. The lowest BCUT2D eigenvalue weighted by Crippen LogP contribution is -2.39. The van der Waals surface area contributed by atoms with Crippen molar-refractivity contribution in [3.63, 3.8) is 0 Å². The summed E-state index contributed by atoms with van der Waals surface area (Å²) >= 11 is 0. The maximum Gasteiger partial charge on any atom is 0.228 e. The number of Topliss-reactive ketones (excluding diaryl/α,β-unsaturated/α-hetero) is 1. The zero-order chi connectivity index (χ0) is 17.2. The van der Waals surface area contributed by atoms with Crippen LogP contribution in [0.3, 0.4) is 0 Å². The van der Waals surface area contributed by atoms with Gasteiger partial charge >= 0.3 is 0 Å². The second kappa shape index (κ2) is 6.89. The second-order valence-corrected chi connectivity index (χ2v) is 6.66. The first kappa shape index (κ1) is 16.9. The van der Waals surface area contributed by atoms with Crippen LogP contribution in [0.25, 0.3) is 0 Å². The van der Waals surface area contributed by atoms with E-state index in [9.17, 15) is 14.0 Å². The Kier molecular flexibility index (Phi) is 4.85. The highest BCUT2D eigenvalue weighted by Crippen LogP contribution is 2.55. The van der Waals surface area contributed by atoms with Gasteiger partial charge in [0.15, 0.2) is 11.6 Å². The number of benzene rings is 1. The molecule has 6 heteroatoms. The van der Waals surface area contributed by atoms with Gasteiger partial charge in [-0.2, -0.15) is 0 Å². The van der Waals surface area contributed by atoms with E-state index in [0.29, 0.717) is 25.1 Å². The maximum atomic E-state index is 14.0. The zero-order valence-corrected chi connectivity index (χ0v) is 13.8. The summed E-state index contributed by atoms with van der Waals surface area (Å²) < 4.78 is 24.1. The number of carbonyl (C=O) groups excluding carboxylic acids is 2. The molecule has 2 fully saturated rings. The first-order chi connectivity index (χ1) is 11.5. The predicted molar refractivity (Wildman–Crippen MR) is 86.4 cm³/mol. The molecule has 0 aliphatic heterocycles. The van der Waals surface area contributed by atoms with E-state index in [1.54, 1.807) is 13.2 Å². The highest BCUT2D eigenvalue weighted by atomic mass is 19.1. The van der Waals surface area contributed by atoms with Gasteiger partial charge in [0.1, 0.15) is 12.4 Å². The molecule has 0 heterocycles. The van der Waals surface area contributed by atoms with Gasteiger partial charge in [0.2, 0.25) is 5.91 Å². The van der Waals surface area contributed by atoms with Crippen LogP contribution >= 0.6 is 0 Å². The molecule has 5 nitrogen and oxygen atoms in total. The van der Waals surface area contributed by atoms with E-state index in [0.717, 1.165) is 19.3 Å². The van der Waals surface area contributed by atoms with E-state index in [1.807, 2.05) is 0 Å². The number of hydrogen-bond donors (Lipinski definition) is 1. The molecule has 3 rings (SSSR count). The van der Waals surface area contributed by atoms with Gasteiger partial charge in [0, 0.05) is 31.7 Å². The molecule has 2 aliphatic rings. The third-order valence-corrected chi connectivity index (χ3v) is 5.13. The highest BCUT2D eigenvalue weighted by molar-refractivity contribution is 5.98. The van der Waals surface area contributed by atoms with Crippen LogP contribution in [0.5, 0.6) is 5.75 Å². The van der Waals surface area contributed by atoms with Gasteiger partial charge in [-0.25, -0.2) is 4.39 Å². The number of halogens is 1. The summed E-state index contributed by atoms with van der Waals surface area (Å²) in [6.07, 6.45) is 3.73. The van der Waals surface area contributed by atoms with E-state index in [4.69, 9.17) is 9.47 Å². The summed E-state index contributed by atoms with van der Waals surface area (Å²) in [4.78, 5) is 24.3. The molecule has 1 unspecified atom stereocenters. The van der Waals surface area contributed by atoms with Gasteiger partial charge in [-0.3, -0.25) is 9.59 Å². The molecule has 1 aromatic carbocycles. The van der Waals surface area contributed by atoms with Crippen LogP contribution in [0.4, 0.5) is 10.1 Å². The van der Waals surface area contributed by atoms with Gasteiger partial charge in [0.05, 0.1) is 12.5 Å². The molecule has 2 aliphatic carbocycles. The Bertz CT molecular complexity index is 642. The quantitative estimate of drug-likeness (QED) is 0.812. The average Bonchev–Trinajstić information content (AvgIpc) is 2.88. The minimum absolute atomic E-state index is 0.122. The monoisotopic (exact) mass is 335 g/mol. The van der Waals surface area contributed by atoms with Crippen molar-refractivity contribution in [1.82, 2.24) is 0 Å². The standard InChI is InChI=1S/C18H22FNO4/c1-23-7-8-24-16-4-3-12(9-15(16)19)20-17(22)14-10-13(21)11-18(14)5-2-6-18/h3-4,9,14H,2,5-8,10-11H2,1H3,(H,20,22). The van der Waals surface area contributed by atoms with Crippen molar-refractivity contribution < 1.29 is 23.5 Å². The third kappa shape index (κ3) is 3.29. The summed E-state index contributed by atoms with van der Waals surface area (Å²) in [7, 11) is 1.54. The van der Waals surface area contributed by atoms with E-state index in [2.05, 4.69) is 5.32 Å². The first-order valence-corrected chi connectivity index (χ1v) is 8.28. The van der Waals surface area contributed by atoms with E-state index >= 15 is 0 Å². The van der Waals surface area contributed by atoms with Crippen LogP contribution in [-0.4, -0.2) is 32.0 Å². The Morgan fingerprint density at radius 1 is 1.38 bits per heavy atom. The van der Waals surface area contributed by atoms with E-state index in [-0.39, 0.29) is 35.4 Å². The summed E-state index contributed by atoms with van der Waals surface area (Å²) in [6.45, 7) is 0.627. The number of methoxy groups -OCH3 is 1. The molecule has 1 amide bonds. The van der Waals surface area contributed by atoms with Crippen molar-refractivity contribution in [2.24, 2.45) is 11.3 Å². The van der Waals surface area contributed by atoms with Crippen molar-refractivity contribution in [2.75, 3.05) is 25.6 Å². The molecule has 1 N–H and O–H groups in total. The molecule has 1 spiro atoms. The van der Waals surface area contributed by atoms with Crippen LogP contribution in [0.1, 0.15) is 32.1 Å². The van der Waals surface area contributed by atoms with Gasteiger partial charge in [-0.1, -0.05) is 6.42 Å². The minimum Gasteiger partial charge on any atom is -0.488 e. The van der Waals surface area contributed by atoms with Crippen molar-refractivity contribution in [1.29, 1.82) is 0 Å². The Morgan fingerprint density at radius 3 is 2.79 bits per heavy atom. The fourth-order valence-corrected chi connectivity index (χ4v) is 3.72. The Labute approximate surface area is 140 Å². The molecule has 0 radical (unpaired) electrons. The minimum atomic E-state index is -0.537. The predicted octanol–water partition coefficient (Wildman–Crippen LogP) is 2.94. The van der Waals surface area contributed by atoms with E-state index in [1.165, 1.54) is 12.1 Å². The molecule has 0 saturated heterocycles. The van der Waals surface area contributed by atoms with Gasteiger partial charge in [-0.05, 0) is 30.4 Å². The lowest BCUT2D eigenvalue weighted by Gasteiger charge is -2.42.